The van der Waals surface area contributed by atoms with Crippen LogP contribution in [-0.2, 0) is 4.79 Å². The number of hydrogen-bond acceptors (Lipinski definition) is 3. The highest BCUT2D eigenvalue weighted by Gasteiger charge is 2.18. The van der Waals surface area contributed by atoms with E-state index in [0.29, 0.717) is 13.0 Å². The summed E-state index contributed by atoms with van der Waals surface area (Å²) >= 11 is 0. The maximum Gasteiger partial charge on any atom is 0.303 e. The second-order valence-electron chi connectivity index (χ2n) is 4.18. The standard InChI is InChI=1S/C13H17NO3/c15-13(16)7-3-5-11-10-4-1-2-6-12(10)17-9-8-14-11/h1-2,4,6,11,14H,3,5,7-9H2,(H,15,16). The van der Waals surface area contributed by atoms with Crippen molar-refractivity contribution in [3.05, 3.63) is 29.8 Å². The van der Waals surface area contributed by atoms with Gasteiger partial charge in [0.25, 0.3) is 0 Å². The second kappa shape index (κ2) is 5.68. The van der Waals surface area contributed by atoms with Crippen molar-refractivity contribution in [2.75, 3.05) is 13.2 Å². The molecule has 1 aromatic rings. The first-order valence-corrected chi connectivity index (χ1v) is 5.94. The molecule has 1 aliphatic rings. The summed E-state index contributed by atoms with van der Waals surface area (Å²) in [6.45, 7) is 1.46. The number of rotatable bonds is 4. The Morgan fingerprint density at radius 3 is 3.12 bits per heavy atom. The molecular weight excluding hydrogens is 218 g/mol. The Morgan fingerprint density at radius 1 is 1.47 bits per heavy atom. The fourth-order valence-corrected chi connectivity index (χ4v) is 2.12. The topological polar surface area (TPSA) is 58.6 Å². The Morgan fingerprint density at radius 2 is 2.29 bits per heavy atom. The number of aliphatic carboxylic acids is 1. The van der Waals surface area contributed by atoms with Crippen molar-refractivity contribution in [3.63, 3.8) is 0 Å². The van der Waals surface area contributed by atoms with Gasteiger partial charge in [-0.05, 0) is 18.9 Å². The molecule has 0 radical (unpaired) electrons. The summed E-state index contributed by atoms with van der Waals surface area (Å²) in [5, 5.41) is 12.0. The molecule has 2 rings (SSSR count). The Hall–Kier alpha value is -1.55. The van der Waals surface area contributed by atoms with Crippen molar-refractivity contribution < 1.29 is 14.6 Å². The van der Waals surface area contributed by atoms with E-state index in [-0.39, 0.29) is 12.5 Å². The van der Waals surface area contributed by atoms with Crippen LogP contribution in [0, 0.1) is 0 Å². The van der Waals surface area contributed by atoms with Gasteiger partial charge in [0.05, 0.1) is 0 Å². The van der Waals surface area contributed by atoms with Crippen LogP contribution in [0.3, 0.4) is 0 Å². The van der Waals surface area contributed by atoms with Crippen LogP contribution in [-0.4, -0.2) is 24.2 Å². The number of nitrogens with one attached hydrogen (secondary N) is 1. The van der Waals surface area contributed by atoms with E-state index in [1.54, 1.807) is 0 Å². The highest BCUT2D eigenvalue weighted by atomic mass is 16.5. The highest BCUT2D eigenvalue weighted by molar-refractivity contribution is 5.66. The molecular formula is C13H17NO3. The lowest BCUT2D eigenvalue weighted by Crippen LogP contribution is -2.23. The van der Waals surface area contributed by atoms with Crippen LogP contribution >= 0.6 is 0 Å². The van der Waals surface area contributed by atoms with Gasteiger partial charge in [0.15, 0.2) is 0 Å². The van der Waals surface area contributed by atoms with Crippen LogP contribution in [0.25, 0.3) is 0 Å². The van der Waals surface area contributed by atoms with Gasteiger partial charge in [0.1, 0.15) is 12.4 Å². The van der Waals surface area contributed by atoms with Gasteiger partial charge in [-0.2, -0.15) is 0 Å². The molecule has 1 unspecified atom stereocenters. The minimum atomic E-state index is -0.733. The van der Waals surface area contributed by atoms with Crippen LogP contribution < -0.4 is 10.1 Å². The predicted molar refractivity (Wildman–Crippen MR) is 64.2 cm³/mol. The zero-order valence-electron chi connectivity index (χ0n) is 9.69. The molecule has 0 bridgehead atoms. The molecule has 0 saturated heterocycles. The van der Waals surface area contributed by atoms with E-state index in [1.165, 1.54) is 0 Å². The molecule has 0 aromatic heterocycles. The molecule has 4 heteroatoms. The normalized spacial score (nSPS) is 18.9. The monoisotopic (exact) mass is 235 g/mol. The lowest BCUT2D eigenvalue weighted by Gasteiger charge is -2.16. The fourth-order valence-electron chi connectivity index (χ4n) is 2.12. The van der Waals surface area contributed by atoms with Crippen molar-refractivity contribution in [2.24, 2.45) is 0 Å². The van der Waals surface area contributed by atoms with E-state index >= 15 is 0 Å². The van der Waals surface area contributed by atoms with E-state index in [9.17, 15) is 4.79 Å². The van der Waals surface area contributed by atoms with Gasteiger partial charge in [-0.25, -0.2) is 0 Å². The van der Waals surface area contributed by atoms with Gasteiger partial charge in [0, 0.05) is 24.6 Å². The van der Waals surface area contributed by atoms with E-state index in [0.717, 1.165) is 24.3 Å². The van der Waals surface area contributed by atoms with Crippen LogP contribution in [0.5, 0.6) is 5.75 Å². The van der Waals surface area contributed by atoms with Crippen LogP contribution in [0.15, 0.2) is 24.3 Å². The third kappa shape index (κ3) is 3.20. The SMILES string of the molecule is O=C(O)CCCC1NCCOc2ccccc21. The van der Waals surface area contributed by atoms with Crippen molar-refractivity contribution in [3.8, 4) is 5.75 Å². The largest absolute Gasteiger partial charge is 0.492 e. The zero-order valence-corrected chi connectivity index (χ0v) is 9.69. The summed E-state index contributed by atoms with van der Waals surface area (Å²) in [7, 11) is 0. The zero-order chi connectivity index (χ0) is 12.1. The Labute approximate surface area is 101 Å². The summed E-state index contributed by atoms with van der Waals surface area (Å²) in [6.07, 6.45) is 1.73. The number of hydrogen-bond donors (Lipinski definition) is 2. The molecule has 0 fully saturated rings. The predicted octanol–water partition coefficient (Wildman–Crippen LogP) is 1.96. The molecule has 0 amide bonds. The first kappa shape index (κ1) is 11.9. The molecule has 2 N–H and O–H groups in total. The molecule has 17 heavy (non-hydrogen) atoms. The first-order valence-electron chi connectivity index (χ1n) is 5.94. The molecule has 0 aliphatic carbocycles. The number of ether oxygens (including phenoxy) is 1. The fraction of sp³-hybridized carbons (Fsp3) is 0.462. The lowest BCUT2D eigenvalue weighted by atomic mass is 10.0. The molecule has 92 valence electrons. The Bertz CT molecular complexity index is 392. The van der Waals surface area contributed by atoms with Crippen LogP contribution in [0.1, 0.15) is 30.9 Å². The van der Waals surface area contributed by atoms with Gasteiger partial charge in [-0.3, -0.25) is 4.79 Å². The third-order valence-corrected chi connectivity index (χ3v) is 2.93. The summed E-state index contributed by atoms with van der Waals surface area (Å²) in [4.78, 5) is 10.5. The van der Waals surface area contributed by atoms with Crippen LogP contribution in [0.2, 0.25) is 0 Å². The average molecular weight is 235 g/mol. The van der Waals surface area contributed by atoms with Crippen molar-refractivity contribution in [1.82, 2.24) is 5.32 Å². The minimum absolute atomic E-state index is 0.202. The van der Waals surface area contributed by atoms with Crippen molar-refractivity contribution in [1.29, 1.82) is 0 Å². The van der Waals surface area contributed by atoms with E-state index in [1.807, 2.05) is 24.3 Å². The minimum Gasteiger partial charge on any atom is -0.492 e. The van der Waals surface area contributed by atoms with Gasteiger partial charge in [-0.1, -0.05) is 18.2 Å². The number of carbonyl (C=O) groups is 1. The highest BCUT2D eigenvalue weighted by Crippen LogP contribution is 2.29. The summed E-state index contributed by atoms with van der Waals surface area (Å²) in [5.74, 6) is 0.181. The molecule has 0 saturated carbocycles. The molecule has 1 aliphatic heterocycles. The van der Waals surface area contributed by atoms with Gasteiger partial charge >= 0.3 is 5.97 Å². The number of para-hydroxylation sites is 1. The lowest BCUT2D eigenvalue weighted by molar-refractivity contribution is -0.137. The molecule has 1 atom stereocenters. The summed E-state index contributed by atoms with van der Waals surface area (Å²) < 4.78 is 5.63. The third-order valence-electron chi connectivity index (χ3n) is 2.93. The summed E-state index contributed by atoms with van der Waals surface area (Å²) in [5.41, 5.74) is 1.13. The number of carboxylic acids is 1. The van der Waals surface area contributed by atoms with E-state index in [4.69, 9.17) is 9.84 Å². The quantitative estimate of drug-likeness (QED) is 0.837. The molecule has 4 nitrogen and oxygen atoms in total. The Kier molecular flexibility index (Phi) is 3.98. The van der Waals surface area contributed by atoms with Gasteiger partial charge in [-0.15, -0.1) is 0 Å². The summed E-state index contributed by atoms with van der Waals surface area (Å²) in [6, 6.07) is 8.15. The van der Waals surface area contributed by atoms with Crippen LogP contribution in [0.4, 0.5) is 0 Å². The van der Waals surface area contributed by atoms with Crippen molar-refractivity contribution in [2.45, 2.75) is 25.3 Å². The number of benzene rings is 1. The van der Waals surface area contributed by atoms with E-state index in [2.05, 4.69) is 5.32 Å². The number of fused-ring (bicyclic) bond motifs is 1. The Balaban J connectivity index is 2.04. The average Bonchev–Trinajstić information content (AvgIpc) is 2.52. The molecule has 1 aromatic carbocycles. The van der Waals surface area contributed by atoms with Crippen molar-refractivity contribution >= 4 is 5.97 Å². The maximum absolute atomic E-state index is 10.5. The van der Waals surface area contributed by atoms with Gasteiger partial charge in [0.2, 0.25) is 0 Å². The smallest absolute Gasteiger partial charge is 0.303 e. The van der Waals surface area contributed by atoms with Gasteiger partial charge < -0.3 is 15.2 Å². The van der Waals surface area contributed by atoms with E-state index < -0.39 is 5.97 Å². The maximum atomic E-state index is 10.5. The molecule has 0 spiro atoms. The second-order valence-corrected chi connectivity index (χ2v) is 4.18. The first-order chi connectivity index (χ1) is 8.27. The molecule has 1 heterocycles. The number of carboxylic acid groups (broad SMARTS) is 1.